The van der Waals surface area contributed by atoms with Crippen molar-refractivity contribution in [3.63, 3.8) is 0 Å². The zero-order chi connectivity index (χ0) is 16.1. The molecule has 1 N–H and O–H groups in total. The molecule has 1 heterocycles. The Hall–Kier alpha value is -3.00. The molecule has 1 aromatic carbocycles. The lowest BCUT2D eigenvalue weighted by molar-refractivity contribution is -0.384. The molecule has 2 aromatic rings. The van der Waals surface area contributed by atoms with Crippen molar-refractivity contribution in [1.82, 2.24) is 0 Å². The molecule has 0 bridgehead atoms. The smallest absolute Gasteiger partial charge is 0.335 e. The average molecular weight is 322 g/mol. The zero-order valence-corrected chi connectivity index (χ0v) is 11.6. The minimum Gasteiger partial charge on any atom is -0.463 e. The Morgan fingerprint density at radius 2 is 2.14 bits per heavy atom. The van der Waals surface area contributed by atoms with Crippen LogP contribution in [0.25, 0.3) is 0 Å². The van der Waals surface area contributed by atoms with E-state index in [0.717, 1.165) is 12.3 Å². The fourth-order valence-electron chi connectivity index (χ4n) is 1.46. The van der Waals surface area contributed by atoms with Crippen LogP contribution in [0.5, 0.6) is 0 Å². The van der Waals surface area contributed by atoms with E-state index >= 15 is 0 Å². The summed E-state index contributed by atoms with van der Waals surface area (Å²) in [6, 6.07) is 6.77. The first-order chi connectivity index (χ1) is 10.5. The van der Waals surface area contributed by atoms with Crippen molar-refractivity contribution in [2.24, 2.45) is 4.99 Å². The quantitative estimate of drug-likeness (QED) is 0.403. The van der Waals surface area contributed by atoms with E-state index in [4.69, 9.17) is 16.0 Å². The molecule has 22 heavy (non-hydrogen) atoms. The molecular formula is C13H8ClN3O5. The van der Waals surface area contributed by atoms with Gasteiger partial charge in [0.25, 0.3) is 5.69 Å². The minimum atomic E-state index is -1.07. The van der Waals surface area contributed by atoms with Crippen molar-refractivity contribution in [2.75, 3.05) is 5.32 Å². The van der Waals surface area contributed by atoms with Gasteiger partial charge in [-0.05, 0) is 24.3 Å². The minimum absolute atomic E-state index is 0.0580. The summed E-state index contributed by atoms with van der Waals surface area (Å²) in [5.41, 5.74) is -0.325. The van der Waals surface area contributed by atoms with Gasteiger partial charge in [-0.2, -0.15) is 0 Å². The number of aliphatic imine (C=N–C) groups is 1. The van der Waals surface area contributed by atoms with Gasteiger partial charge in [0, 0.05) is 11.8 Å². The molecule has 1 aromatic heterocycles. The van der Waals surface area contributed by atoms with Gasteiger partial charge < -0.3 is 9.73 Å². The second-order valence-electron chi connectivity index (χ2n) is 3.96. The molecule has 8 nitrogen and oxygen atoms in total. The van der Waals surface area contributed by atoms with Gasteiger partial charge in [-0.15, -0.1) is 0 Å². The molecule has 0 unspecified atom stereocenters. The molecule has 0 radical (unpaired) electrons. The summed E-state index contributed by atoms with van der Waals surface area (Å²) in [4.78, 5) is 36.6. The number of nitro groups is 1. The normalized spacial score (nSPS) is 10.6. The Morgan fingerprint density at radius 1 is 1.36 bits per heavy atom. The van der Waals surface area contributed by atoms with Crippen molar-refractivity contribution in [1.29, 1.82) is 0 Å². The summed E-state index contributed by atoms with van der Waals surface area (Å²) in [6.07, 6.45) is 2.48. The number of furan rings is 1. The number of hydrogen-bond donors (Lipinski definition) is 1. The van der Waals surface area contributed by atoms with Crippen molar-refractivity contribution in [2.45, 2.75) is 0 Å². The Balaban J connectivity index is 2.07. The third-order valence-corrected chi connectivity index (χ3v) is 2.77. The molecule has 0 atom stereocenters. The Bertz CT molecular complexity index is 755. The first-order valence-electron chi connectivity index (χ1n) is 5.84. The van der Waals surface area contributed by atoms with E-state index in [1.54, 1.807) is 12.1 Å². The van der Waals surface area contributed by atoms with Crippen molar-refractivity contribution < 1.29 is 18.9 Å². The second kappa shape index (κ2) is 6.64. The fourth-order valence-corrected chi connectivity index (χ4v) is 1.65. The maximum atomic E-state index is 11.6. The number of nitro benzene ring substituents is 1. The fraction of sp³-hybridized carbons (Fsp3) is 0. The largest absolute Gasteiger partial charge is 0.463 e. The van der Waals surface area contributed by atoms with Crippen LogP contribution in [0, 0.1) is 10.1 Å². The van der Waals surface area contributed by atoms with Gasteiger partial charge in [0.05, 0.1) is 17.4 Å². The Morgan fingerprint density at radius 3 is 2.77 bits per heavy atom. The van der Waals surface area contributed by atoms with Gasteiger partial charge in [-0.1, -0.05) is 11.6 Å². The number of amides is 2. The van der Waals surface area contributed by atoms with Crippen molar-refractivity contribution in [3.8, 4) is 0 Å². The molecule has 9 heteroatoms. The van der Waals surface area contributed by atoms with Gasteiger partial charge in [0.15, 0.2) is 0 Å². The lowest BCUT2D eigenvalue weighted by atomic mass is 10.2. The number of benzene rings is 1. The highest BCUT2D eigenvalue weighted by atomic mass is 35.5. The Kier molecular flexibility index (Phi) is 4.64. The predicted molar refractivity (Wildman–Crippen MR) is 78.0 cm³/mol. The number of halogens is 1. The third-order valence-electron chi connectivity index (χ3n) is 2.45. The molecule has 0 fully saturated rings. The van der Waals surface area contributed by atoms with Crippen molar-refractivity contribution >= 4 is 41.0 Å². The lowest BCUT2D eigenvalue weighted by Crippen LogP contribution is -2.21. The first-order valence-corrected chi connectivity index (χ1v) is 6.22. The van der Waals surface area contributed by atoms with Gasteiger partial charge in [-0.3, -0.25) is 19.7 Å². The van der Waals surface area contributed by atoms with Crippen LogP contribution in [0.1, 0.15) is 5.76 Å². The third kappa shape index (κ3) is 3.76. The van der Waals surface area contributed by atoms with Gasteiger partial charge in [0.2, 0.25) is 0 Å². The monoisotopic (exact) mass is 321 g/mol. The zero-order valence-electron chi connectivity index (χ0n) is 10.9. The molecular weight excluding hydrogens is 314 g/mol. The van der Waals surface area contributed by atoms with Crippen LogP contribution < -0.4 is 5.32 Å². The van der Waals surface area contributed by atoms with Gasteiger partial charge in [0.1, 0.15) is 10.8 Å². The highest BCUT2D eigenvalue weighted by Crippen LogP contribution is 2.27. The number of carbonyl (C=O) groups is 2. The number of hydrogen-bond acceptors (Lipinski definition) is 5. The molecule has 112 valence electrons. The summed E-state index contributed by atoms with van der Waals surface area (Å²) in [6.45, 7) is 0. The summed E-state index contributed by atoms with van der Waals surface area (Å²) in [7, 11) is 0. The van der Waals surface area contributed by atoms with E-state index in [-0.39, 0.29) is 16.4 Å². The van der Waals surface area contributed by atoms with Crippen LogP contribution >= 0.6 is 11.6 Å². The van der Waals surface area contributed by atoms with Gasteiger partial charge in [-0.25, -0.2) is 4.99 Å². The molecule has 0 saturated heterocycles. The van der Waals surface area contributed by atoms with Crippen LogP contribution in [0.3, 0.4) is 0 Å². The van der Waals surface area contributed by atoms with Gasteiger partial charge >= 0.3 is 11.8 Å². The number of nitrogens with one attached hydrogen (secondary N) is 1. The van der Waals surface area contributed by atoms with E-state index in [2.05, 4.69) is 10.3 Å². The number of rotatable bonds is 3. The SMILES string of the molecule is O=C(N=Cc1ccco1)C(=O)Nc1ccc(Cl)c([N+](=O)[O-])c1. The van der Waals surface area contributed by atoms with Crippen LogP contribution in [0.4, 0.5) is 11.4 Å². The average Bonchev–Trinajstić information content (AvgIpc) is 2.99. The van der Waals surface area contributed by atoms with E-state index in [9.17, 15) is 19.7 Å². The molecule has 2 rings (SSSR count). The summed E-state index contributed by atoms with van der Waals surface area (Å²) >= 11 is 5.64. The molecule has 0 spiro atoms. The summed E-state index contributed by atoms with van der Waals surface area (Å²) in [5, 5.41) is 12.9. The highest BCUT2D eigenvalue weighted by molar-refractivity contribution is 6.41. The van der Waals surface area contributed by atoms with E-state index in [1.807, 2.05) is 0 Å². The topological polar surface area (TPSA) is 115 Å². The maximum Gasteiger partial charge on any atom is 0.335 e. The number of nitrogens with zero attached hydrogens (tertiary/aromatic N) is 2. The molecule has 0 saturated carbocycles. The second-order valence-corrected chi connectivity index (χ2v) is 4.36. The Labute approximate surface area is 128 Å². The summed E-state index contributed by atoms with van der Waals surface area (Å²) in [5.74, 6) is -1.81. The number of carbonyl (C=O) groups excluding carboxylic acids is 2. The standard InChI is InChI=1S/C13H8ClN3O5/c14-10-4-3-8(6-11(10)17(20)21)16-13(19)12(18)15-7-9-2-1-5-22-9/h1-7H,(H,16,19). The maximum absolute atomic E-state index is 11.6. The summed E-state index contributed by atoms with van der Waals surface area (Å²) < 4.78 is 4.91. The first kappa shape index (κ1) is 15.4. The number of anilines is 1. The van der Waals surface area contributed by atoms with Crippen LogP contribution in [-0.2, 0) is 9.59 Å². The molecule has 0 aliphatic carbocycles. The predicted octanol–water partition coefficient (Wildman–Crippen LogP) is 2.43. The van der Waals surface area contributed by atoms with Crippen LogP contribution in [-0.4, -0.2) is 23.0 Å². The van der Waals surface area contributed by atoms with E-state index < -0.39 is 16.7 Å². The van der Waals surface area contributed by atoms with Crippen LogP contribution in [0.15, 0.2) is 46.0 Å². The van der Waals surface area contributed by atoms with Crippen molar-refractivity contribution in [3.05, 3.63) is 57.5 Å². The highest BCUT2D eigenvalue weighted by Gasteiger charge is 2.16. The molecule has 0 aliphatic rings. The van der Waals surface area contributed by atoms with E-state index in [0.29, 0.717) is 5.76 Å². The van der Waals surface area contributed by atoms with Crippen LogP contribution in [0.2, 0.25) is 5.02 Å². The molecule has 0 aliphatic heterocycles. The molecule has 2 amide bonds. The van der Waals surface area contributed by atoms with E-state index in [1.165, 1.54) is 18.4 Å². The lowest BCUT2D eigenvalue weighted by Gasteiger charge is -2.03.